The van der Waals surface area contributed by atoms with Crippen molar-refractivity contribution >= 4 is 40.2 Å². The average Bonchev–Trinajstić information content (AvgIpc) is 3.16. The van der Waals surface area contributed by atoms with Crippen LogP contribution in [-0.2, 0) is 11.3 Å². The second-order valence-electron chi connectivity index (χ2n) is 6.81. The van der Waals surface area contributed by atoms with E-state index in [1.54, 1.807) is 37.2 Å². The lowest BCUT2D eigenvalue weighted by molar-refractivity contribution is -0.121. The Morgan fingerprint density at radius 1 is 1.07 bits per heavy atom. The summed E-state index contributed by atoms with van der Waals surface area (Å²) in [4.78, 5) is 15.7. The van der Waals surface area contributed by atoms with Crippen LogP contribution in [0.5, 0.6) is 5.75 Å². The molecule has 5 nitrogen and oxygen atoms in total. The molecule has 4 rings (SSSR count). The Bertz CT molecular complexity index is 1140. The van der Waals surface area contributed by atoms with Crippen LogP contribution >= 0.6 is 12.2 Å². The van der Waals surface area contributed by atoms with E-state index in [2.05, 4.69) is 0 Å². The van der Waals surface area contributed by atoms with Crippen LogP contribution in [0.1, 0.15) is 5.56 Å². The third kappa shape index (κ3) is 3.49. The number of nitrogens with zero attached hydrogens (tertiary/aromatic N) is 3. The van der Waals surface area contributed by atoms with Gasteiger partial charge in [-0.15, -0.1) is 0 Å². The Hall–Kier alpha value is -3.19. The molecule has 1 aliphatic rings. The third-order valence-corrected chi connectivity index (χ3v) is 5.54. The van der Waals surface area contributed by atoms with Gasteiger partial charge in [-0.2, -0.15) is 0 Å². The lowest BCUT2D eigenvalue weighted by Gasteiger charge is -2.10. The molecule has 2 aromatic carbocycles. The first-order chi connectivity index (χ1) is 14.0. The first kappa shape index (κ1) is 19.1. The number of aromatic nitrogens is 1. The molecule has 148 valence electrons. The number of fused-ring (bicyclic) bond motifs is 1. The highest BCUT2D eigenvalue weighted by Crippen LogP contribution is 2.27. The van der Waals surface area contributed by atoms with Gasteiger partial charge >= 0.3 is 0 Å². The standard InChI is InChI=1S/C22H20FN3O2S/c1-24-19(21(27)25(2)22(24)29)13-15-14-26(18-9-5-3-7-16(15)18)11-12-28-20-10-6-4-8-17(20)23/h3-10,13-14H,11-12H2,1-2H3/b19-13-. The van der Waals surface area contributed by atoms with E-state index >= 15 is 0 Å². The number of carbonyl (C=O) groups is 1. The smallest absolute Gasteiger partial charge is 0.276 e. The summed E-state index contributed by atoms with van der Waals surface area (Å²) in [6.45, 7) is 0.862. The molecule has 0 bridgehead atoms. The van der Waals surface area contributed by atoms with Crippen molar-refractivity contribution in [1.82, 2.24) is 14.4 Å². The third-order valence-electron chi connectivity index (χ3n) is 5.00. The number of amides is 1. The van der Waals surface area contributed by atoms with E-state index in [0.717, 1.165) is 16.5 Å². The van der Waals surface area contributed by atoms with Gasteiger partial charge in [-0.05, 0) is 36.5 Å². The topological polar surface area (TPSA) is 37.7 Å². The van der Waals surface area contributed by atoms with Crippen LogP contribution in [-0.4, -0.2) is 46.1 Å². The van der Waals surface area contributed by atoms with Gasteiger partial charge in [0, 0.05) is 36.8 Å². The maximum Gasteiger partial charge on any atom is 0.276 e. The number of thiocarbonyl (C=S) groups is 1. The molecule has 0 saturated carbocycles. The molecule has 0 aliphatic carbocycles. The normalized spacial score (nSPS) is 15.8. The van der Waals surface area contributed by atoms with Gasteiger partial charge in [0.05, 0.1) is 6.54 Å². The van der Waals surface area contributed by atoms with Crippen molar-refractivity contribution in [2.75, 3.05) is 20.7 Å². The highest BCUT2D eigenvalue weighted by molar-refractivity contribution is 7.80. The lowest BCUT2D eigenvalue weighted by Crippen LogP contribution is -2.26. The average molecular weight is 409 g/mol. The Morgan fingerprint density at radius 2 is 1.79 bits per heavy atom. The molecule has 0 unspecified atom stereocenters. The first-order valence-electron chi connectivity index (χ1n) is 9.20. The molecule has 0 radical (unpaired) electrons. The Labute approximate surface area is 173 Å². The minimum Gasteiger partial charge on any atom is -0.489 e. The number of hydrogen-bond donors (Lipinski definition) is 0. The summed E-state index contributed by atoms with van der Waals surface area (Å²) < 4.78 is 21.4. The van der Waals surface area contributed by atoms with Crippen molar-refractivity contribution in [2.45, 2.75) is 6.54 Å². The summed E-state index contributed by atoms with van der Waals surface area (Å²) in [6.07, 6.45) is 3.83. The molecule has 2 heterocycles. The molecule has 0 N–H and O–H groups in total. The summed E-state index contributed by atoms with van der Waals surface area (Å²) in [5.74, 6) is -0.267. The van der Waals surface area contributed by atoms with Crippen molar-refractivity contribution in [3.8, 4) is 5.75 Å². The number of benzene rings is 2. The second kappa shape index (κ2) is 7.67. The highest BCUT2D eigenvalue weighted by Gasteiger charge is 2.32. The van der Waals surface area contributed by atoms with E-state index in [0.29, 0.717) is 24.0 Å². The number of ether oxygens (including phenoxy) is 1. The number of rotatable bonds is 5. The predicted octanol–water partition coefficient (Wildman–Crippen LogP) is 3.89. The van der Waals surface area contributed by atoms with Crippen molar-refractivity contribution in [1.29, 1.82) is 0 Å². The van der Waals surface area contributed by atoms with Crippen LogP contribution in [0.15, 0.2) is 60.4 Å². The van der Waals surface area contributed by atoms with Crippen molar-refractivity contribution < 1.29 is 13.9 Å². The minimum absolute atomic E-state index is 0.128. The van der Waals surface area contributed by atoms with Gasteiger partial charge in [0.25, 0.3) is 5.91 Å². The molecule has 29 heavy (non-hydrogen) atoms. The molecule has 0 spiro atoms. The minimum atomic E-state index is -0.377. The molecule has 0 atom stereocenters. The zero-order valence-corrected chi connectivity index (χ0v) is 16.9. The Balaban J connectivity index is 1.62. The predicted molar refractivity (Wildman–Crippen MR) is 115 cm³/mol. The van der Waals surface area contributed by atoms with E-state index in [1.807, 2.05) is 41.1 Å². The van der Waals surface area contributed by atoms with E-state index in [9.17, 15) is 9.18 Å². The molecule has 7 heteroatoms. The van der Waals surface area contributed by atoms with Gasteiger partial charge in [-0.25, -0.2) is 4.39 Å². The van der Waals surface area contributed by atoms with Crippen LogP contribution in [0.4, 0.5) is 4.39 Å². The molecule has 1 aromatic heterocycles. The number of para-hydroxylation sites is 2. The molecule has 1 aliphatic heterocycles. The van der Waals surface area contributed by atoms with E-state index in [1.165, 1.54) is 11.0 Å². The van der Waals surface area contributed by atoms with Gasteiger partial charge in [0.15, 0.2) is 16.7 Å². The maximum atomic E-state index is 13.7. The summed E-state index contributed by atoms with van der Waals surface area (Å²) in [6, 6.07) is 14.3. The zero-order chi connectivity index (χ0) is 20.5. The Morgan fingerprint density at radius 3 is 2.52 bits per heavy atom. The van der Waals surface area contributed by atoms with Crippen molar-refractivity contribution in [2.24, 2.45) is 0 Å². The molecule has 1 fully saturated rings. The van der Waals surface area contributed by atoms with Gasteiger partial charge in [0.2, 0.25) is 0 Å². The zero-order valence-electron chi connectivity index (χ0n) is 16.1. The maximum absolute atomic E-state index is 13.7. The largest absolute Gasteiger partial charge is 0.489 e. The van der Waals surface area contributed by atoms with Crippen molar-refractivity contribution in [3.63, 3.8) is 0 Å². The fraction of sp³-hybridized carbons (Fsp3) is 0.182. The van der Waals surface area contributed by atoms with Crippen LogP contribution < -0.4 is 4.74 Å². The number of likely N-dealkylation sites (N-methyl/N-ethyl adjacent to an activating group) is 2. The quantitative estimate of drug-likeness (QED) is 0.473. The van der Waals surface area contributed by atoms with Crippen LogP contribution in [0.2, 0.25) is 0 Å². The van der Waals surface area contributed by atoms with Crippen molar-refractivity contribution in [3.05, 3.63) is 71.8 Å². The molecule has 3 aromatic rings. The molecular formula is C22H20FN3O2S. The number of hydrogen-bond acceptors (Lipinski definition) is 3. The summed E-state index contributed by atoms with van der Waals surface area (Å²) in [5.41, 5.74) is 2.46. The number of carbonyl (C=O) groups excluding carboxylic acids is 1. The fourth-order valence-electron chi connectivity index (χ4n) is 3.43. The van der Waals surface area contributed by atoms with Crippen LogP contribution in [0.25, 0.3) is 17.0 Å². The molecule has 1 amide bonds. The van der Waals surface area contributed by atoms with Crippen LogP contribution in [0.3, 0.4) is 0 Å². The van der Waals surface area contributed by atoms with Gasteiger partial charge < -0.3 is 14.2 Å². The fourth-order valence-corrected chi connectivity index (χ4v) is 3.61. The summed E-state index contributed by atoms with van der Waals surface area (Å²) >= 11 is 5.29. The lowest BCUT2D eigenvalue weighted by atomic mass is 10.1. The van der Waals surface area contributed by atoms with Gasteiger partial charge in [-0.3, -0.25) is 9.69 Å². The van der Waals surface area contributed by atoms with E-state index in [-0.39, 0.29) is 17.5 Å². The van der Waals surface area contributed by atoms with Gasteiger partial charge in [-0.1, -0.05) is 30.3 Å². The first-order valence-corrected chi connectivity index (χ1v) is 9.61. The summed E-state index contributed by atoms with van der Waals surface area (Å²) in [5, 5.41) is 1.50. The number of halogens is 1. The van der Waals surface area contributed by atoms with Crippen LogP contribution in [0, 0.1) is 5.82 Å². The highest BCUT2D eigenvalue weighted by atomic mass is 32.1. The second-order valence-corrected chi connectivity index (χ2v) is 7.17. The molecular weight excluding hydrogens is 389 g/mol. The Kier molecular flexibility index (Phi) is 5.07. The summed E-state index contributed by atoms with van der Waals surface area (Å²) in [7, 11) is 3.46. The van der Waals surface area contributed by atoms with Gasteiger partial charge in [0.1, 0.15) is 12.3 Å². The molecule has 1 saturated heterocycles. The van der Waals surface area contributed by atoms with E-state index in [4.69, 9.17) is 17.0 Å². The van der Waals surface area contributed by atoms with E-state index < -0.39 is 0 Å². The monoisotopic (exact) mass is 409 g/mol. The SMILES string of the molecule is CN1C(=O)/C(=C/c2cn(CCOc3ccccc3F)c3ccccc23)N(C)C1=S.